The van der Waals surface area contributed by atoms with Crippen LogP contribution in [0.3, 0.4) is 0 Å². The summed E-state index contributed by atoms with van der Waals surface area (Å²) in [6.45, 7) is 18.3. The molecule has 1 aromatic carbocycles. The molecule has 1 saturated heterocycles. The summed E-state index contributed by atoms with van der Waals surface area (Å²) in [7, 11) is 1.73. The van der Waals surface area contributed by atoms with Gasteiger partial charge in [-0.3, -0.25) is 24.1 Å². The Morgan fingerprint density at radius 3 is 2.22 bits per heavy atom. The van der Waals surface area contributed by atoms with Gasteiger partial charge in [-0.15, -0.1) is 0 Å². The van der Waals surface area contributed by atoms with Gasteiger partial charge in [0.15, 0.2) is 0 Å². The highest BCUT2D eigenvalue weighted by molar-refractivity contribution is 5.93. The van der Waals surface area contributed by atoms with Crippen molar-refractivity contribution in [1.82, 2.24) is 25.8 Å². The molecule has 1 aliphatic heterocycles. The number of nitrogens with zero attached hydrogens (tertiary/aromatic N) is 2. The molecule has 0 bridgehead atoms. The maximum absolute atomic E-state index is 14.1. The molecule has 50 heavy (non-hydrogen) atoms. The van der Waals surface area contributed by atoms with Gasteiger partial charge in [0.1, 0.15) is 12.1 Å². The summed E-state index contributed by atoms with van der Waals surface area (Å²) in [4.78, 5) is 57.4. The number of aliphatic hydroxyl groups excluding tert-OH is 2. The number of likely N-dealkylation sites (N-methyl/N-ethyl adjacent to an activating group) is 1. The molecule has 1 aromatic rings. The van der Waals surface area contributed by atoms with Crippen LogP contribution in [0, 0.1) is 17.3 Å². The molecule has 6 atom stereocenters. The van der Waals surface area contributed by atoms with Crippen molar-refractivity contribution in [1.29, 1.82) is 0 Å². The summed E-state index contributed by atoms with van der Waals surface area (Å²) >= 11 is 0. The summed E-state index contributed by atoms with van der Waals surface area (Å²) < 4.78 is 0. The fourth-order valence-corrected chi connectivity index (χ4v) is 6.49. The van der Waals surface area contributed by atoms with E-state index in [0.29, 0.717) is 30.5 Å². The predicted octanol–water partition coefficient (Wildman–Crippen LogP) is 3.95. The van der Waals surface area contributed by atoms with Crippen LogP contribution in [-0.4, -0.2) is 101 Å². The van der Waals surface area contributed by atoms with Crippen molar-refractivity contribution < 1.29 is 29.4 Å². The molecule has 1 aliphatic rings. The molecule has 0 spiro atoms. The lowest BCUT2D eigenvalue weighted by atomic mass is 9.84. The van der Waals surface area contributed by atoms with Gasteiger partial charge < -0.3 is 31.1 Å². The molecule has 4 amide bonds. The predicted molar refractivity (Wildman–Crippen MR) is 198 cm³/mol. The monoisotopic (exact) mass is 699 g/mol. The third-order valence-corrected chi connectivity index (χ3v) is 9.76. The van der Waals surface area contributed by atoms with Gasteiger partial charge in [-0.2, -0.15) is 0 Å². The molecular weight excluding hydrogens is 634 g/mol. The minimum absolute atomic E-state index is 0.000291. The number of rotatable bonds is 17. The van der Waals surface area contributed by atoms with Crippen LogP contribution in [0.15, 0.2) is 42.0 Å². The van der Waals surface area contributed by atoms with Crippen molar-refractivity contribution in [3.8, 4) is 0 Å². The van der Waals surface area contributed by atoms with E-state index in [2.05, 4.69) is 34.7 Å². The molecule has 2 rings (SSSR count). The van der Waals surface area contributed by atoms with Crippen LogP contribution in [0.4, 0.5) is 0 Å². The Bertz CT molecular complexity index is 1280. The molecule has 5 unspecified atom stereocenters. The number of carbonyl (C=O) groups excluding carboxylic acids is 4. The molecule has 11 heteroatoms. The Morgan fingerprint density at radius 1 is 1.02 bits per heavy atom. The van der Waals surface area contributed by atoms with E-state index in [4.69, 9.17) is 0 Å². The van der Waals surface area contributed by atoms with Gasteiger partial charge in [-0.05, 0) is 69.9 Å². The summed E-state index contributed by atoms with van der Waals surface area (Å²) in [6.07, 6.45) is 4.63. The SMILES string of the molecule is C/C(=C\C(C(C)C)N(C)C(=O)C(NC(=O)C1CCCCN1C(C)C)C(C)(C)C)C(=O)NCCCC(C)C(=O)NC(CO)[C@@H](O)c1ccccc1. The van der Waals surface area contributed by atoms with Crippen LogP contribution in [0.5, 0.6) is 0 Å². The van der Waals surface area contributed by atoms with E-state index in [1.54, 1.807) is 50.1 Å². The van der Waals surface area contributed by atoms with Crippen LogP contribution < -0.4 is 16.0 Å². The first-order valence-electron chi connectivity index (χ1n) is 18.3. The molecule has 0 aliphatic carbocycles. The topological polar surface area (TPSA) is 151 Å². The van der Waals surface area contributed by atoms with Crippen molar-refractivity contribution >= 4 is 23.6 Å². The Hall–Kier alpha value is -3.28. The average Bonchev–Trinajstić information content (AvgIpc) is 3.08. The van der Waals surface area contributed by atoms with Gasteiger partial charge in [0, 0.05) is 31.1 Å². The Balaban J connectivity index is 1.99. The van der Waals surface area contributed by atoms with E-state index in [1.807, 2.05) is 46.8 Å². The Morgan fingerprint density at radius 2 is 1.66 bits per heavy atom. The number of hydrogen-bond acceptors (Lipinski definition) is 7. The molecule has 11 nitrogen and oxygen atoms in total. The van der Waals surface area contributed by atoms with Gasteiger partial charge in [0.05, 0.1) is 24.7 Å². The van der Waals surface area contributed by atoms with Crippen LogP contribution in [0.25, 0.3) is 0 Å². The van der Waals surface area contributed by atoms with Crippen molar-refractivity contribution in [2.24, 2.45) is 17.3 Å². The summed E-state index contributed by atoms with van der Waals surface area (Å²) in [5.41, 5.74) is 0.542. The zero-order valence-corrected chi connectivity index (χ0v) is 32.2. The highest BCUT2D eigenvalue weighted by atomic mass is 16.3. The fraction of sp³-hybridized carbons (Fsp3) is 0.692. The van der Waals surface area contributed by atoms with E-state index in [1.165, 1.54) is 0 Å². The molecule has 1 heterocycles. The number of hydrogen-bond donors (Lipinski definition) is 5. The highest BCUT2D eigenvalue weighted by Crippen LogP contribution is 2.26. The smallest absolute Gasteiger partial charge is 0.246 e. The maximum Gasteiger partial charge on any atom is 0.246 e. The fourth-order valence-electron chi connectivity index (χ4n) is 6.49. The second kappa shape index (κ2) is 19.9. The van der Waals surface area contributed by atoms with E-state index >= 15 is 0 Å². The Labute approximate surface area is 300 Å². The molecule has 5 N–H and O–H groups in total. The van der Waals surface area contributed by atoms with Crippen LogP contribution in [0.1, 0.15) is 106 Å². The lowest BCUT2D eigenvalue weighted by molar-refractivity contribution is -0.142. The number of amides is 4. The minimum atomic E-state index is -1.04. The number of likely N-dealkylation sites (tertiary alicyclic amines) is 1. The normalized spacial score (nSPS) is 18.9. The molecule has 1 fully saturated rings. The van der Waals surface area contributed by atoms with E-state index in [9.17, 15) is 29.4 Å². The van der Waals surface area contributed by atoms with Gasteiger partial charge in [-0.1, -0.05) is 84.4 Å². The Kier molecular flexibility index (Phi) is 17.1. The van der Waals surface area contributed by atoms with E-state index in [0.717, 1.165) is 25.8 Å². The minimum Gasteiger partial charge on any atom is -0.394 e. The van der Waals surface area contributed by atoms with Crippen LogP contribution in [-0.2, 0) is 19.2 Å². The van der Waals surface area contributed by atoms with Crippen molar-refractivity contribution in [2.45, 2.75) is 131 Å². The molecular formula is C39H65N5O6. The molecule has 0 aromatic heterocycles. The first-order chi connectivity index (χ1) is 23.4. The third kappa shape index (κ3) is 12.5. The second-order valence-corrected chi connectivity index (χ2v) is 15.6. The van der Waals surface area contributed by atoms with Crippen molar-refractivity contribution in [3.05, 3.63) is 47.5 Å². The number of carbonyl (C=O) groups is 4. The van der Waals surface area contributed by atoms with Crippen LogP contribution >= 0.6 is 0 Å². The van der Waals surface area contributed by atoms with Crippen molar-refractivity contribution in [3.63, 3.8) is 0 Å². The third-order valence-electron chi connectivity index (χ3n) is 9.76. The summed E-state index contributed by atoms with van der Waals surface area (Å²) in [6, 6.07) is 6.88. The molecule has 282 valence electrons. The first kappa shape index (κ1) is 42.9. The van der Waals surface area contributed by atoms with E-state index < -0.39 is 36.1 Å². The first-order valence-corrected chi connectivity index (χ1v) is 18.3. The average molecular weight is 700 g/mol. The standard InChI is InChI=1S/C39H65N5O6/c1-25(2)32(43(10)38(50)34(39(7,8)9)42-37(49)31-20-14-15-22-44(31)26(3)4)23-28(6)35(47)40-21-16-17-27(5)36(48)41-30(24-45)33(46)29-18-12-11-13-19-29/h11-13,18-19,23,25-27,30-34,45-46H,14-17,20-22,24H2,1-10H3,(H,40,47)(H,41,48)(H,42,49)/b28-23+/t27?,30?,31?,32?,33-,34?/m0/s1. The zero-order valence-electron chi connectivity index (χ0n) is 32.2. The molecule has 0 radical (unpaired) electrons. The van der Waals surface area contributed by atoms with Crippen molar-refractivity contribution in [2.75, 3.05) is 26.7 Å². The number of nitrogens with one attached hydrogen (secondary N) is 3. The molecule has 0 saturated carbocycles. The second-order valence-electron chi connectivity index (χ2n) is 15.6. The van der Waals surface area contributed by atoms with Gasteiger partial charge in [0.25, 0.3) is 0 Å². The quantitative estimate of drug-likeness (QED) is 0.122. The number of piperidine rings is 1. The number of benzene rings is 1. The zero-order chi connectivity index (χ0) is 37.8. The highest BCUT2D eigenvalue weighted by Gasteiger charge is 2.40. The summed E-state index contributed by atoms with van der Waals surface area (Å²) in [5.74, 6) is -1.25. The summed E-state index contributed by atoms with van der Waals surface area (Å²) in [5, 5.41) is 29.2. The van der Waals surface area contributed by atoms with E-state index in [-0.39, 0.29) is 47.7 Å². The van der Waals surface area contributed by atoms with Gasteiger partial charge in [0.2, 0.25) is 23.6 Å². The van der Waals surface area contributed by atoms with Gasteiger partial charge >= 0.3 is 0 Å². The van der Waals surface area contributed by atoms with Crippen LogP contribution in [0.2, 0.25) is 0 Å². The lowest BCUT2D eigenvalue weighted by Crippen LogP contribution is -2.60. The largest absolute Gasteiger partial charge is 0.394 e. The number of aliphatic hydroxyl groups is 2. The maximum atomic E-state index is 14.1. The van der Waals surface area contributed by atoms with Gasteiger partial charge in [-0.25, -0.2) is 0 Å². The lowest BCUT2D eigenvalue weighted by Gasteiger charge is -2.41.